The second-order valence-electron chi connectivity index (χ2n) is 6.07. The van der Waals surface area contributed by atoms with Crippen LogP contribution in [0.25, 0.3) is 0 Å². The van der Waals surface area contributed by atoms with Crippen LogP contribution in [-0.2, 0) is 9.59 Å². The van der Waals surface area contributed by atoms with Gasteiger partial charge in [0, 0.05) is 13.0 Å². The third-order valence-electron chi connectivity index (χ3n) is 4.35. The van der Waals surface area contributed by atoms with E-state index in [0.717, 1.165) is 19.3 Å². The molecule has 6 nitrogen and oxygen atoms in total. The van der Waals surface area contributed by atoms with Crippen LogP contribution < -0.4 is 10.6 Å². The summed E-state index contributed by atoms with van der Waals surface area (Å²) in [5, 5.41) is 4.97. The number of urea groups is 1. The third-order valence-corrected chi connectivity index (χ3v) is 4.35. The summed E-state index contributed by atoms with van der Waals surface area (Å²) >= 11 is 0. The van der Waals surface area contributed by atoms with Crippen molar-refractivity contribution in [2.24, 2.45) is 0 Å². The lowest BCUT2D eigenvalue weighted by molar-refractivity contribution is -0.136. The quantitative estimate of drug-likeness (QED) is 0.576. The fraction of sp³-hybridized carbons (Fsp3) is 0.800. The molecule has 2 N–H and O–H groups in total. The van der Waals surface area contributed by atoms with Gasteiger partial charge in [0.15, 0.2) is 0 Å². The van der Waals surface area contributed by atoms with Crippen molar-refractivity contribution in [2.45, 2.75) is 63.8 Å². The fourth-order valence-electron chi connectivity index (χ4n) is 3.12. The molecule has 4 amide bonds. The number of rotatable bonds is 6. The second kappa shape index (κ2) is 6.91. The zero-order valence-corrected chi connectivity index (χ0v) is 12.7. The Morgan fingerprint density at radius 2 is 2.00 bits per heavy atom. The van der Waals surface area contributed by atoms with E-state index in [1.165, 1.54) is 19.3 Å². The lowest BCUT2D eigenvalue weighted by atomic mass is 9.89. The number of amides is 4. The van der Waals surface area contributed by atoms with Crippen molar-refractivity contribution < 1.29 is 14.4 Å². The average molecular weight is 295 g/mol. The summed E-state index contributed by atoms with van der Waals surface area (Å²) in [5.74, 6) is -0.201. The Hall–Kier alpha value is -1.59. The smallest absolute Gasteiger partial charge is 0.322 e. The molecule has 0 saturated carbocycles. The summed E-state index contributed by atoms with van der Waals surface area (Å²) in [6.45, 7) is 3.15. The van der Waals surface area contributed by atoms with Crippen molar-refractivity contribution in [3.63, 3.8) is 0 Å². The molecule has 2 saturated heterocycles. The summed E-state index contributed by atoms with van der Waals surface area (Å²) in [5.41, 5.74) is -0.896. The first-order valence-corrected chi connectivity index (χ1v) is 7.99. The SMILES string of the molecule is CCCCCCCC(=O)N1CCCC2(C1)NC(=O)NC2=O. The van der Waals surface area contributed by atoms with Crippen molar-refractivity contribution in [3.05, 3.63) is 0 Å². The molecule has 0 radical (unpaired) electrons. The number of carbonyl (C=O) groups excluding carboxylic acids is 3. The van der Waals surface area contributed by atoms with Gasteiger partial charge in [0.05, 0.1) is 6.54 Å². The van der Waals surface area contributed by atoms with E-state index in [-0.39, 0.29) is 11.8 Å². The number of carbonyl (C=O) groups is 3. The highest BCUT2D eigenvalue weighted by molar-refractivity contribution is 6.07. The van der Waals surface area contributed by atoms with Crippen LogP contribution in [0.3, 0.4) is 0 Å². The maximum absolute atomic E-state index is 12.2. The zero-order chi connectivity index (χ0) is 15.3. The molecule has 0 aromatic carbocycles. The molecule has 6 heteroatoms. The Balaban J connectivity index is 1.82. The van der Waals surface area contributed by atoms with Gasteiger partial charge in [0.2, 0.25) is 5.91 Å². The van der Waals surface area contributed by atoms with E-state index in [1.807, 2.05) is 0 Å². The lowest BCUT2D eigenvalue weighted by Crippen LogP contribution is -2.59. The van der Waals surface area contributed by atoms with Gasteiger partial charge in [-0.3, -0.25) is 14.9 Å². The summed E-state index contributed by atoms with van der Waals surface area (Å²) in [6.07, 6.45) is 7.45. The minimum absolute atomic E-state index is 0.0968. The molecule has 1 unspecified atom stereocenters. The lowest BCUT2D eigenvalue weighted by Gasteiger charge is -2.38. The molecule has 2 aliphatic rings. The molecule has 2 fully saturated rings. The molecular formula is C15H25N3O3. The molecule has 2 aliphatic heterocycles. The number of likely N-dealkylation sites (tertiary alicyclic amines) is 1. The molecule has 1 atom stereocenters. The van der Waals surface area contributed by atoms with Crippen LogP contribution in [0, 0.1) is 0 Å². The second-order valence-corrected chi connectivity index (χ2v) is 6.07. The highest BCUT2D eigenvalue weighted by Crippen LogP contribution is 2.25. The molecule has 118 valence electrons. The third kappa shape index (κ3) is 3.74. The Morgan fingerprint density at radius 3 is 2.67 bits per heavy atom. The van der Waals surface area contributed by atoms with E-state index in [4.69, 9.17) is 0 Å². The van der Waals surface area contributed by atoms with Gasteiger partial charge in [-0.15, -0.1) is 0 Å². The summed E-state index contributed by atoms with van der Waals surface area (Å²) in [4.78, 5) is 37.2. The van der Waals surface area contributed by atoms with Crippen molar-refractivity contribution in [1.29, 1.82) is 0 Å². The fourth-order valence-corrected chi connectivity index (χ4v) is 3.12. The number of hydrogen-bond donors (Lipinski definition) is 2. The maximum Gasteiger partial charge on any atom is 0.322 e. The number of nitrogens with zero attached hydrogens (tertiary/aromatic N) is 1. The summed E-state index contributed by atoms with van der Waals surface area (Å²) in [7, 11) is 0. The standard InChI is InChI=1S/C15H25N3O3/c1-2-3-4-5-6-8-12(19)18-10-7-9-15(11-18)13(20)16-14(21)17-15/h2-11H2,1H3,(H2,16,17,20,21). The number of imide groups is 1. The molecular weight excluding hydrogens is 270 g/mol. The predicted octanol–water partition coefficient (Wildman–Crippen LogP) is 1.55. The number of hydrogen-bond acceptors (Lipinski definition) is 3. The Morgan fingerprint density at radius 1 is 1.24 bits per heavy atom. The van der Waals surface area contributed by atoms with Crippen molar-refractivity contribution in [3.8, 4) is 0 Å². The van der Waals surface area contributed by atoms with Gasteiger partial charge in [-0.1, -0.05) is 32.6 Å². The number of nitrogens with one attached hydrogen (secondary N) is 2. The molecule has 2 rings (SSSR count). The van der Waals surface area contributed by atoms with Crippen LogP contribution in [-0.4, -0.2) is 41.4 Å². The molecule has 0 bridgehead atoms. The first kappa shape index (κ1) is 15.8. The highest BCUT2D eigenvalue weighted by atomic mass is 16.2. The molecule has 2 heterocycles. The van der Waals surface area contributed by atoms with Crippen LogP contribution in [0.1, 0.15) is 58.3 Å². The van der Waals surface area contributed by atoms with Crippen molar-refractivity contribution in [2.75, 3.05) is 13.1 Å². The average Bonchev–Trinajstić information content (AvgIpc) is 2.72. The van der Waals surface area contributed by atoms with Gasteiger partial charge in [-0.05, 0) is 19.3 Å². The van der Waals surface area contributed by atoms with Gasteiger partial charge < -0.3 is 10.2 Å². The van der Waals surface area contributed by atoms with Crippen LogP contribution in [0.4, 0.5) is 4.79 Å². The van der Waals surface area contributed by atoms with Crippen LogP contribution in [0.2, 0.25) is 0 Å². The largest absolute Gasteiger partial charge is 0.340 e. The number of piperidine rings is 1. The minimum Gasteiger partial charge on any atom is -0.340 e. The van der Waals surface area contributed by atoms with Crippen LogP contribution in [0.5, 0.6) is 0 Å². The van der Waals surface area contributed by atoms with Gasteiger partial charge in [-0.2, -0.15) is 0 Å². The highest BCUT2D eigenvalue weighted by Gasteiger charge is 2.49. The monoisotopic (exact) mass is 295 g/mol. The Bertz CT molecular complexity index is 424. The first-order valence-electron chi connectivity index (χ1n) is 7.99. The Labute approximate surface area is 125 Å². The van der Waals surface area contributed by atoms with E-state index in [9.17, 15) is 14.4 Å². The van der Waals surface area contributed by atoms with Crippen LogP contribution >= 0.6 is 0 Å². The van der Waals surface area contributed by atoms with E-state index in [2.05, 4.69) is 17.6 Å². The zero-order valence-electron chi connectivity index (χ0n) is 12.7. The maximum atomic E-state index is 12.2. The number of unbranched alkanes of at least 4 members (excludes halogenated alkanes) is 4. The van der Waals surface area contributed by atoms with E-state index < -0.39 is 11.6 Å². The predicted molar refractivity (Wildman–Crippen MR) is 78.6 cm³/mol. The molecule has 0 aromatic heterocycles. The van der Waals surface area contributed by atoms with Gasteiger partial charge in [0.1, 0.15) is 5.54 Å². The van der Waals surface area contributed by atoms with E-state index >= 15 is 0 Å². The molecule has 21 heavy (non-hydrogen) atoms. The van der Waals surface area contributed by atoms with Crippen molar-refractivity contribution in [1.82, 2.24) is 15.5 Å². The molecule has 1 spiro atoms. The van der Waals surface area contributed by atoms with E-state index in [1.54, 1.807) is 4.90 Å². The molecule has 0 aliphatic carbocycles. The van der Waals surface area contributed by atoms with E-state index in [0.29, 0.717) is 25.9 Å². The normalized spacial score (nSPS) is 25.1. The summed E-state index contributed by atoms with van der Waals surface area (Å²) in [6, 6.07) is -0.450. The first-order chi connectivity index (χ1) is 10.1. The van der Waals surface area contributed by atoms with Gasteiger partial charge >= 0.3 is 6.03 Å². The molecule has 0 aromatic rings. The van der Waals surface area contributed by atoms with Gasteiger partial charge in [-0.25, -0.2) is 4.79 Å². The topological polar surface area (TPSA) is 78.5 Å². The van der Waals surface area contributed by atoms with Crippen LogP contribution in [0.15, 0.2) is 0 Å². The minimum atomic E-state index is -0.896. The van der Waals surface area contributed by atoms with Crippen molar-refractivity contribution >= 4 is 17.8 Å². The summed E-state index contributed by atoms with van der Waals surface area (Å²) < 4.78 is 0. The Kier molecular flexibility index (Phi) is 5.20. The van der Waals surface area contributed by atoms with Gasteiger partial charge in [0.25, 0.3) is 5.91 Å².